The van der Waals surface area contributed by atoms with Crippen LogP contribution in [0.25, 0.3) is 11.3 Å². The highest BCUT2D eigenvalue weighted by atomic mass is 32.2. The Bertz CT molecular complexity index is 946. The van der Waals surface area contributed by atoms with Gasteiger partial charge in [-0.1, -0.05) is 0 Å². The van der Waals surface area contributed by atoms with Gasteiger partial charge in [0.2, 0.25) is 0 Å². The zero-order valence-electron chi connectivity index (χ0n) is 15.5. The summed E-state index contributed by atoms with van der Waals surface area (Å²) in [7, 11) is -2.46. The van der Waals surface area contributed by atoms with Crippen molar-refractivity contribution in [2.45, 2.75) is 17.9 Å². The molecule has 0 aliphatic rings. The summed E-state index contributed by atoms with van der Waals surface area (Å²) in [4.78, 5) is 16.3. The number of rotatable bonds is 8. The number of nitrogens with two attached hydrogens (primary N) is 1. The van der Waals surface area contributed by atoms with Gasteiger partial charge < -0.3 is 20.9 Å². The number of aromatic nitrogens is 1. The van der Waals surface area contributed by atoms with Gasteiger partial charge in [-0.15, -0.1) is 0 Å². The van der Waals surface area contributed by atoms with Crippen molar-refractivity contribution in [3.05, 3.63) is 41.8 Å². The molecule has 152 valence electrons. The summed E-state index contributed by atoms with van der Waals surface area (Å²) >= 11 is 0. The lowest BCUT2D eigenvalue weighted by molar-refractivity contribution is 0.0920. The highest BCUT2D eigenvalue weighted by molar-refractivity contribution is 7.91. The lowest BCUT2D eigenvalue weighted by Crippen LogP contribution is -2.32. The Morgan fingerprint density at radius 1 is 1.36 bits per heavy atom. The van der Waals surface area contributed by atoms with Gasteiger partial charge in [-0.05, 0) is 37.3 Å². The fourth-order valence-corrected chi connectivity index (χ4v) is 3.74. The quantitative estimate of drug-likeness (QED) is 0.590. The highest BCUT2D eigenvalue weighted by Crippen LogP contribution is 2.30. The SMILES string of the molecule is COCCS(=O)(=O)c1cc(N)c(C(=O)NC[C@H](C)O)nc1-c1ccc(F)cc1. The van der Waals surface area contributed by atoms with E-state index in [1.54, 1.807) is 0 Å². The van der Waals surface area contributed by atoms with Crippen LogP contribution in [0.3, 0.4) is 0 Å². The first kappa shape index (κ1) is 21.7. The van der Waals surface area contributed by atoms with Crippen LogP contribution in [0.1, 0.15) is 17.4 Å². The number of aliphatic hydroxyl groups is 1. The summed E-state index contributed by atoms with van der Waals surface area (Å²) in [6.45, 7) is 1.42. The van der Waals surface area contributed by atoms with Gasteiger partial charge in [0.15, 0.2) is 15.5 Å². The van der Waals surface area contributed by atoms with Gasteiger partial charge in [0.25, 0.3) is 5.91 Å². The zero-order valence-corrected chi connectivity index (χ0v) is 16.3. The Kier molecular flexibility index (Phi) is 7.05. The van der Waals surface area contributed by atoms with Crippen molar-refractivity contribution < 1.29 is 27.4 Å². The fourth-order valence-electron chi connectivity index (χ4n) is 2.37. The van der Waals surface area contributed by atoms with E-state index in [4.69, 9.17) is 10.5 Å². The normalized spacial score (nSPS) is 12.6. The van der Waals surface area contributed by atoms with Crippen molar-refractivity contribution in [1.29, 1.82) is 0 Å². The van der Waals surface area contributed by atoms with Gasteiger partial charge in [0.05, 0.1) is 34.7 Å². The van der Waals surface area contributed by atoms with Crippen molar-refractivity contribution >= 4 is 21.4 Å². The minimum atomic E-state index is -3.83. The van der Waals surface area contributed by atoms with E-state index in [-0.39, 0.29) is 40.9 Å². The van der Waals surface area contributed by atoms with E-state index >= 15 is 0 Å². The predicted octanol–water partition coefficient (Wildman–Crippen LogP) is 1.00. The third-order valence-corrected chi connectivity index (χ3v) is 5.48. The predicted molar refractivity (Wildman–Crippen MR) is 102 cm³/mol. The number of benzene rings is 1. The maximum absolute atomic E-state index is 13.3. The number of methoxy groups -OCH3 is 1. The lowest BCUT2D eigenvalue weighted by Gasteiger charge is -2.14. The molecule has 1 aromatic carbocycles. The number of carbonyl (C=O) groups excluding carboxylic acids is 1. The minimum Gasteiger partial charge on any atom is -0.397 e. The van der Waals surface area contributed by atoms with Gasteiger partial charge in [0.1, 0.15) is 5.82 Å². The average Bonchev–Trinajstić information content (AvgIpc) is 2.65. The molecule has 4 N–H and O–H groups in total. The van der Waals surface area contributed by atoms with Crippen molar-refractivity contribution in [1.82, 2.24) is 10.3 Å². The zero-order chi connectivity index (χ0) is 20.9. The number of nitrogens with zero attached hydrogens (tertiary/aromatic N) is 1. The number of nitrogen functional groups attached to an aromatic ring is 1. The number of halogens is 1. The van der Waals surface area contributed by atoms with E-state index in [0.29, 0.717) is 5.56 Å². The number of aliphatic hydroxyl groups excluding tert-OH is 1. The molecule has 0 aliphatic carbocycles. The number of ether oxygens (including phenoxy) is 1. The topological polar surface area (TPSA) is 132 Å². The first-order chi connectivity index (χ1) is 13.2. The van der Waals surface area contributed by atoms with Crippen LogP contribution in [0, 0.1) is 5.82 Å². The molecule has 1 heterocycles. The van der Waals surface area contributed by atoms with E-state index < -0.39 is 27.7 Å². The molecule has 0 radical (unpaired) electrons. The number of hydrogen-bond acceptors (Lipinski definition) is 7. The molecule has 10 heteroatoms. The highest BCUT2D eigenvalue weighted by Gasteiger charge is 2.25. The van der Waals surface area contributed by atoms with Gasteiger partial charge in [-0.2, -0.15) is 0 Å². The van der Waals surface area contributed by atoms with Crippen molar-refractivity contribution in [2.24, 2.45) is 0 Å². The number of hydrogen-bond donors (Lipinski definition) is 3. The minimum absolute atomic E-state index is 0.0208. The number of pyridine rings is 1. The second kappa shape index (κ2) is 9.09. The lowest BCUT2D eigenvalue weighted by atomic mass is 10.1. The number of anilines is 1. The van der Waals surface area contributed by atoms with E-state index in [1.807, 2.05) is 0 Å². The van der Waals surface area contributed by atoms with Crippen LogP contribution in [-0.2, 0) is 14.6 Å². The van der Waals surface area contributed by atoms with Gasteiger partial charge in [-0.25, -0.2) is 17.8 Å². The molecule has 0 saturated carbocycles. The Morgan fingerprint density at radius 2 is 2.00 bits per heavy atom. The second-order valence-corrected chi connectivity index (χ2v) is 8.23. The molecule has 0 spiro atoms. The van der Waals surface area contributed by atoms with Crippen molar-refractivity contribution in [2.75, 3.05) is 31.7 Å². The standard InChI is InChI=1S/C18H22FN3O5S/c1-11(23)10-21-18(24)17-14(20)9-15(28(25,26)8-7-27-2)16(22-17)12-3-5-13(19)6-4-12/h3-6,9,11,23H,7-8,10,20H2,1-2H3,(H,21,24)/t11-/m0/s1. The van der Waals surface area contributed by atoms with E-state index in [9.17, 15) is 22.7 Å². The smallest absolute Gasteiger partial charge is 0.272 e. The van der Waals surface area contributed by atoms with Gasteiger partial charge >= 0.3 is 0 Å². The van der Waals surface area contributed by atoms with Crippen LogP contribution >= 0.6 is 0 Å². The Morgan fingerprint density at radius 3 is 2.57 bits per heavy atom. The third-order valence-electron chi connectivity index (χ3n) is 3.80. The first-order valence-corrected chi connectivity index (χ1v) is 10.1. The second-order valence-electron chi connectivity index (χ2n) is 6.15. The molecule has 0 aliphatic heterocycles. The molecule has 8 nitrogen and oxygen atoms in total. The van der Waals surface area contributed by atoms with Crippen LogP contribution in [-0.4, -0.2) is 56.5 Å². The summed E-state index contributed by atoms with van der Waals surface area (Å²) in [5.41, 5.74) is 5.85. The molecule has 28 heavy (non-hydrogen) atoms. The summed E-state index contributed by atoms with van der Waals surface area (Å²) in [6, 6.07) is 6.20. The molecule has 1 atom stereocenters. The fraction of sp³-hybridized carbons (Fsp3) is 0.333. The van der Waals surface area contributed by atoms with Crippen LogP contribution in [0.2, 0.25) is 0 Å². The van der Waals surface area contributed by atoms with Crippen molar-refractivity contribution in [3.63, 3.8) is 0 Å². The number of sulfone groups is 1. The summed E-state index contributed by atoms with van der Waals surface area (Å²) in [6.07, 6.45) is -0.782. The number of amides is 1. The van der Waals surface area contributed by atoms with Crippen molar-refractivity contribution in [3.8, 4) is 11.3 Å². The van der Waals surface area contributed by atoms with Crippen LogP contribution in [0.5, 0.6) is 0 Å². The Labute approximate surface area is 162 Å². The molecule has 2 rings (SSSR count). The summed E-state index contributed by atoms with van der Waals surface area (Å²) in [5, 5.41) is 11.8. The average molecular weight is 411 g/mol. The summed E-state index contributed by atoms with van der Waals surface area (Å²) in [5.74, 6) is -1.48. The Hall–Kier alpha value is -2.56. The van der Waals surface area contributed by atoms with E-state index in [0.717, 1.165) is 18.2 Å². The largest absolute Gasteiger partial charge is 0.397 e. The number of nitrogens with one attached hydrogen (secondary N) is 1. The molecule has 0 fully saturated rings. The number of carbonyl (C=O) groups is 1. The van der Waals surface area contributed by atoms with E-state index in [2.05, 4.69) is 10.3 Å². The van der Waals surface area contributed by atoms with Crippen LogP contribution in [0.15, 0.2) is 35.2 Å². The molecule has 1 aromatic heterocycles. The maximum Gasteiger partial charge on any atom is 0.272 e. The summed E-state index contributed by atoms with van der Waals surface area (Å²) < 4.78 is 43.6. The monoisotopic (exact) mass is 411 g/mol. The van der Waals surface area contributed by atoms with Crippen LogP contribution in [0.4, 0.5) is 10.1 Å². The van der Waals surface area contributed by atoms with Gasteiger partial charge in [0, 0.05) is 19.2 Å². The maximum atomic E-state index is 13.3. The molecule has 1 amide bonds. The molecular formula is C18H22FN3O5S. The van der Waals surface area contributed by atoms with E-state index in [1.165, 1.54) is 26.2 Å². The molecule has 2 aromatic rings. The van der Waals surface area contributed by atoms with Crippen LogP contribution < -0.4 is 11.1 Å². The Balaban J connectivity index is 2.60. The van der Waals surface area contributed by atoms with Gasteiger partial charge in [-0.3, -0.25) is 4.79 Å². The molecular weight excluding hydrogens is 389 g/mol. The molecule has 0 saturated heterocycles. The third kappa shape index (κ3) is 5.24. The molecule has 0 bridgehead atoms. The first-order valence-electron chi connectivity index (χ1n) is 8.40. The molecule has 0 unspecified atom stereocenters.